The zero-order valence-corrected chi connectivity index (χ0v) is 6.62. The number of pyridine rings is 1. The van der Waals surface area contributed by atoms with Gasteiger partial charge in [0.2, 0.25) is 0 Å². The summed E-state index contributed by atoms with van der Waals surface area (Å²) in [4.78, 5) is 4.11. The van der Waals surface area contributed by atoms with Gasteiger partial charge in [-0.2, -0.15) is 0 Å². The van der Waals surface area contributed by atoms with E-state index in [1.807, 2.05) is 0 Å². The highest BCUT2D eigenvalue weighted by Gasteiger charge is 2.00. The molecule has 1 rings (SSSR count). The molecule has 1 aromatic heterocycles. The van der Waals surface area contributed by atoms with Crippen molar-refractivity contribution in [2.75, 3.05) is 0 Å². The standard InChI is InChI=1S/C6H5ClN2S/c7-4-2-1-3-9-5(4)6(8)10/h1-3H,(H2,8,10). The van der Waals surface area contributed by atoms with Gasteiger partial charge in [-0.25, -0.2) is 0 Å². The number of thiocarbonyl (C=S) groups is 1. The van der Waals surface area contributed by atoms with E-state index in [2.05, 4.69) is 17.2 Å². The molecule has 0 atom stereocenters. The molecule has 0 amide bonds. The third-order valence-electron chi connectivity index (χ3n) is 0.992. The molecule has 0 bridgehead atoms. The lowest BCUT2D eigenvalue weighted by Crippen LogP contribution is -2.11. The van der Waals surface area contributed by atoms with Gasteiger partial charge < -0.3 is 5.73 Å². The van der Waals surface area contributed by atoms with E-state index in [4.69, 9.17) is 17.3 Å². The minimum Gasteiger partial charge on any atom is -0.388 e. The highest BCUT2D eigenvalue weighted by Crippen LogP contribution is 2.10. The number of nitrogens with two attached hydrogens (primary N) is 1. The van der Waals surface area contributed by atoms with Crippen molar-refractivity contribution >= 4 is 28.8 Å². The fourth-order valence-corrected chi connectivity index (χ4v) is 1.01. The van der Waals surface area contributed by atoms with E-state index in [0.29, 0.717) is 10.7 Å². The number of aromatic nitrogens is 1. The van der Waals surface area contributed by atoms with Crippen molar-refractivity contribution in [2.24, 2.45) is 5.73 Å². The van der Waals surface area contributed by atoms with Crippen LogP contribution in [0.4, 0.5) is 0 Å². The molecule has 0 spiro atoms. The van der Waals surface area contributed by atoms with Gasteiger partial charge in [0, 0.05) is 6.20 Å². The number of hydrogen-bond acceptors (Lipinski definition) is 2. The summed E-state index contributed by atoms with van der Waals surface area (Å²) in [6.45, 7) is 0. The van der Waals surface area contributed by atoms with Crippen LogP contribution in [0.25, 0.3) is 0 Å². The van der Waals surface area contributed by atoms with Crippen molar-refractivity contribution in [3.05, 3.63) is 29.0 Å². The molecule has 0 saturated carbocycles. The average molecular weight is 173 g/mol. The molecule has 10 heavy (non-hydrogen) atoms. The Labute approximate surface area is 69.0 Å². The Kier molecular flexibility index (Phi) is 2.19. The number of halogens is 1. The summed E-state index contributed by atoms with van der Waals surface area (Å²) in [6.07, 6.45) is 1.60. The van der Waals surface area contributed by atoms with Gasteiger partial charge in [-0.3, -0.25) is 4.98 Å². The Morgan fingerprint density at radius 3 is 2.80 bits per heavy atom. The Balaban J connectivity index is 3.15. The Bertz CT molecular complexity index is 262. The first-order valence-corrected chi connectivity index (χ1v) is 3.41. The Morgan fingerprint density at radius 1 is 1.70 bits per heavy atom. The number of hydrogen-bond donors (Lipinski definition) is 1. The van der Waals surface area contributed by atoms with Gasteiger partial charge >= 0.3 is 0 Å². The molecule has 0 aliphatic carbocycles. The smallest absolute Gasteiger partial charge is 0.124 e. The van der Waals surface area contributed by atoms with Gasteiger partial charge in [0.1, 0.15) is 10.7 Å². The molecule has 1 heterocycles. The second-order valence-corrected chi connectivity index (χ2v) is 2.55. The van der Waals surface area contributed by atoms with Crippen molar-refractivity contribution in [1.82, 2.24) is 4.98 Å². The van der Waals surface area contributed by atoms with Gasteiger partial charge in [-0.1, -0.05) is 23.8 Å². The fraction of sp³-hybridized carbons (Fsp3) is 0. The van der Waals surface area contributed by atoms with Gasteiger partial charge in [0.15, 0.2) is 0 Å². The first-order chi connectivity index (χ1) is 4.72. The van der Waals surface area contributed by atoms with E-state index in [0.717, 1.165) is 0 Å². The molecule has 0 saturated heterocycles. The second kappa shape index (κ2) is 2.94. The SMILES string of the molecule is NC(=S)c1ncccc1Cl. The maximum Gasteiger partial charge on any atom is 0.124 e. The molecule has 0 aliphatic heterocycles. The van der Waals surface area contributed by atoms with Crippen LogP contribution in [0.3, 0.4) is 0 Å². The molecule has 0 fully saturated rings. The van der Waals surface area contributed by atoms with Gasteiger partial charge in [-0.15, -0.1) is 0 Å². The largest absolute Gasteiger partial charge is 0.388 e. The highest BCUT2D eigenvalue weighted by atomic mass is 35.5. The zero-order valence-electron chi connectivity index (χ0n) is 5.04. The molecular weight excluding hydrogens is 168 g/mol. The van der Waals surface area contributed by atoms with E-state index in [1.54, 1.807) is 18.3 Å². The molecule has 0 radical (unpaired) electrons. The molecule has 1 aromatic rings. The molecule has 0 aromatic carbocycles. The summed E-state index contributed by atoms with van der Waals surface area (Å²) in [5, 5.41) is 0.495. The van der Waals surface area contributed by atoms with E-state index >= 15 is 0 Å². The molecule has 2 N–H and O–H groups in total. The van der Waals surface area contributed by atoms with Gasteiger partial charge in [0.25, 0.3) is 0 Å². The Hall–Kier alpha value is -0.670. The van der Waals surface area contributed by atoms with Crippen molar-refractivity contribution in [1.29, 1.82) is 0 Å². The lowest BCUT2D eigenvalue weighted by molar-refractivity contribution is 1.29. The summed E-state index contributed by atoms with van der Waals surface area (Å²) in [7, 11) is 0. The lowest BCUT2D eigenvalue weighted by atomic mass is 10.3. The fourth-order valence-electron chi connectivity index (χ4n) is 0.567. The highest BCUT2D eigenvalue weighted by molar-refractivity contribution is 7.80. The lowest BCUT2D eigenvalue weighted by Gasteiger charge is -1.96. The van der Waals surface area contributed by atoms with Crippen molar-refractivity contribution in [3.63, 3.8) is 0 Å². The molecule has 4 heteroatoms. The van der Waals surface area contributed by atoms with Crippen molar-refractivity contribution < 1.29 is 0 Å². The second-order valence-electron chi connectivity index (χ2n) is 1.70. The van der Waals surface area contributed by atoms with Crippen molar-refractivity contribution in [2.45, 2.75) is 0 Å². The van der Waals surface area contributed by atoms with Gasteiger partial charge in [-0.05, 0) is 12.1 Å². The quantitative estimate of drug-likeness (QED) is 0.651. The van der Waals surface area contributed by atoms with Crippen LogP contribution in [0.5, 0.6) is 0 Å². The summed E-state index contributed by atoms with van der Waals surface area (Å²) < 4.78 is 0. The van der Waals surface area contributed by atoms with Gasteiger partial charge in [0.05, 0.1) is 5.02 Å². The molecular formula is C6H5ClN2S. The first kappa shape index (κ1) is 7.44. The van der Waals surface area contributed by atoms with Crippen LogP contribution in [0.2, 0.25) is 5.02 Å². The maximum atomic E-state index is 5.69. The molecule has 0 aliphatic rings. The predicted molar refractivity (Wildman–Crippen MR) is 45.1 cm³/mol. The normalized spacial score (nSPS) is 9.30. The van der Waals surface area contributed by atoms with Crippen LogP contribution >= 0.6 is 23.8 Å². The van der Waals surface area contributed by atoms with Crippen LogP contribution in [0.15, 0.2) is 18.3 Å². The van der Waals surface area contributed by atoms with Crippen LogP contribution in [-0.4, -0.2) is 9.97 Å². The molecule has 2 nitrogen and oxygen atoms in total. The minimum atomic E-state index is 0.227. The summed E-state index contributed by atoms with van der Waals surface area (Å²) in [5.41, 5.74) is 5.78. The predicted octanol–water partition coefficient (Wildman–Crippen LogP) is 1.37. The van der Waals surface area contributed by atoms with E-state index in [1.165, 1.54) is 0 Å². The summed E-state index contributed by atoms with van der Waals surface area (Å²) in [5.74, 6) is 0. The first-order valence-electron chi connectivity index (χ1n) is 2.62. The number of nitrogens with zero attached hydrogens (tertiary/aromatic N) is 1. The third-order valence-corrected chi connectivity index (χ3v) is 1.49. The Morgan fingerprint density at radius 2 is 2.40 bits per heavy atom. The summed E-state index contributed by atoms with van der Waals surface area (Å²) in [6, 6.07) is 3.42. The van der Waals surface area contributed by atoms with Crippen molar-refractivity contribution in [3.8, 4) is 0 Å². The molecule has 52 valence electrons. The maximum absolute atomic E-state index is 5.69. The minimum absolute atomic E-state index is 0.227. The number of rotatable bonds is 1. The monoisotopic (exact) mass is 172 g/mol. The molecule has 0 unspecified atom stereocenters. The van der Waals surface area contributed by atoms with Crippen LogP contribution in [0, 0.1) is 0 Å². The van der Waals surface area contributed by atoms with E-state index < -0.39 is 0 Å². The van der Waals surface area contributed by atoms with E-state index in [-0.39, 0.29) is 4.99 Å². The average Bonchev–Trinajstić information content (AvgIpc) is 1.88. The van der Waals surface area contributed by atoms with Crippen LogP contribution in [-0.2, 0) is 0 Å². The van der Waals surface area contributed by atoms with Crippen LogP contribution in [0.1, 0.15) is 5.69 Å². The zero-order chi connectivity index (χ0) is 7.56. The summed E-state index contributed by atoms with van der Waals surface area (Å²) >= 11 is 10.4. The topological polar surface area (TPSA) is 38.9 Å². The van der Waals surface area contributed by atoms with E-state index in [9.17, 15) is 0 Å². The third kappa shape index (κ3) is 1.43. The van der Waals surface area contributed by atoms with Crippen LogP contribution < -0.4 is 5.73 Å².